The zero-order valence-electron chi connectivity index (χ0n) is 20.0. The van der Waals surface area contributed by atoms with Crippen LogP contribution in [0, 0.1) is 0 Å². The molecule has 32 heavy (non-hydrogen) atoms. The summed E-state index contributed by atoms with van der Waals surface area (Å²) >= 11 is 0. The van der Waals surface area contributed by atoms with Gasteiger partial charge in [-0.3, -0.25) is 9.59 Å². The highest BCUT2D eigenvalue weighted by Crippen LogP contribution is 2.33. The highest BCUT2D eigenvalue weighted by Gasteiger charge is 2.14. The Kier molecular flexibility index (Phi) is 9.32. The van der Waals surface area contributed by atoms with Gasteiger partial charge < -0.3 is 20.4 Å². The number of benzene rings is 2. The van der Waals surface area contributed by atoms with Crippen LogP contribution in [-0.2, 0) is 16.0 Å². The van der Waals surface area contributed by atoms with Crippen LogP contribution < -0.4 is 20.4 Å². The van der Waals surface area contributed by atoms with E-state index in [1.165, 1.54) is 6.08 Å². The van der Waals surface area contributed by atoms with Crippen molar-refractivity contribution in [2.24, 2.45) is 0 Å². The lowest BCUT2D eigenvalue weighted by Crippen LogP contribution is -2.25. The minimum absolute atomic E-state index is 0.0212. The molecule has 0 saturated heterocycles. The molecule has 0 heterocycles. The van der Waals surface area contributed by atoms with Crippen molar-refractivity contribution in [3.8, 4) is 0 Å². The number of carbonyl (C=O) groups excluding carboxylic acids is 2. The maximum absolute atomic E-state index is 12.1. The van der Waals surface area contributed by atoms with Crippen molar-refractivity contribution in [1.29, 1.82) is 0 Å². The molecule has 0 aromatic heterocycles. The molecule has 0 atom stereocenters. The highest BCUT2D eigenvalue weighted by atomic mass is 16.2. The summed E-state index contributed by atoms with van der Waals surface area (Å²) in [7, 11) is 1.78. The van der Waals surface area contributed by atoms with Gasteiger partial charge in [-0.25, -0.2) is 0 Å². The van der Waals surface area contributed by atoms with E-state index in [-0.39, 0.29) is 11.8 Å². The summed E-state index contributed by atoms with van der Waals surface area (Å²) in [5.41, 5.74) is 5.33. The van der Waals surface area contributed by atoms with Crippen molar-refractivity contribution in [2.45, 2.75) is 47.0 Å². The van der Waals surface area contributed by atoms with Crippen molar-refractivity contribution in [2.75, 3.05) is 40.6 Å². The number of hydrogen-bond acceptors (Lipinski definition) is 4. The van der Waals surface area contributed by atoms with Gasteiger partial charge in [-0.05, 0) is 61.2 Å². The van der Waals surface area contributed by atoms with E-state index in [0.29, 0.717) is 5.69 Å². The number of nitrogens with one attached hydrogen (secondary N) is 2. The van der Waals surface area contributed by atoms with Crippen LogP contribution in [0.4, 0.5) is 28.4 Å². The van der Waals surface area contributed by atoms with Crippen LogP contribution in [0.5, 0.6) is 0 Å². The average Bonchev–Trinajstić information content (AvgIpc) is 2.79. The molecule has 0 bridgehead atoms. The molecule has 2 N–H and O–H groups in total. The van der Waals surface area contributed by atoms with Gasteiger partial charge in [0.05, 0.1) is 11.4 Å². The first-order valence-electron chi connectivity index (χ1n) is 11.3. The Hall–Kier alpha value is -3.28. The summed E-state index contributed by atoms with van der Waals surface area (Å²) in [6.45, 7) is 13.4. The van der Waals surface area contributed by atoms with Crippen LogP contribution in [0.15, 0.2) is 49.1 Å². The van der Waals surface area contributed by atoms with Crippen LogP contribution in [-0.4, -0.2) is 32.0 Å². The second-order valence-electron chi connectivity index (χ2n) is 7.81. The van der Waals surface area contributed by atoms with Gasteiger partial charge in [-0.15, -0.1) is 0 Å². The van der Waals surface area contributed by atoms with Crippen molar-refractivity contribution in [3.05, 3.63) is 54.6 Å². The maximum atomic E-state index is 12.1. The van der Waals surface area contributed by atoms with Crippen molar-refractivity contribution < 1.29 is 9.59 Å². The Bertz CT molecular complexity index is 949. The molecule has 0 aliphatic carbocycles. The second-order valence-corrected chi connectivity index (χ2v) is 7.81. The SMILES string of the molecule is C=CC(=O)Nc1cc(N(CCC)CCC)ccc1Nc1ccc(CC)c(N(C)C(C)=O)c1. The minimum Gasteiger partial charge on any atom is -0.371 e. The molecule has 0 saturated carbocycles. The monoisotopic (exact) mass is 436 g/mol. The number of aryl methyl sites for hydroxylation is 1. The highest BCUT2D eigenvalue weighted by molar-refractivity contribution is 6.02. The molecule has 2 rings (SSSR count). The molecular formula is C26H36N4O2. The summed E-state index contributed by atoms with van der Waals surface area (Å²) in [5.74, 6) is -0.284. The third-order valence-corrected chi connectivity index (χ3v) is 5.38. The average molecular weight is 437 g/mol. The summed E-state index contributed by atoms with van der Waals surface area (Å²) in [4.78, 5) is 28.0. The summed E-state index contributed by atoms with van der Waals surface area (Å²) in [5, 5.41) is 6.34. The Labute approximate surface area is 192 Å². The van der Waals surface area contributed by atoms with Crippen molar-refractivity contribution in [1.82, 2.24) is 0 Å². The molecule has 2 aromatic rings. The Morgan fingerprint density at radius 2 is 1.69 bits per heavy atom. The predicted octanol–water partition coefficient (Wildman–Crippen LogP) is 5.73. The number of rotatable bonds is 11. The minimum atomic E-state index is -0.263. The number of nitrogens with zero attached hydrogens (tertiary/aromatic N) is 2. The van der Waals surface area contributed by atoms with Gasteiger partial charge in [0.15, 0.2) is 0 Å². The van der Waals surface area contributed by atoms with Crippen molar-refractivity contribution >= 4 is 40.3 Å². The zero-order valence-corrected chi connectivity index (χ0v) is 20.0. The molecule has 0 aliphatic rings. The fourth-order valence-corrected chi connectivity index (χ4v) is 3.61. The first kappa shape index (κ1) is 25.0. The molecule has 0 radical (unpaired) electrons. The van der Waals surface area contributed by atoms with Gasteiger partial charge in [0.1, 0.15) is 0 Å². The van der Waals surface area contributed by atoms with Gasteiger partial charge >= 0.3 is 0 Å². The van der Waals surface area contributed by atoms with Crippen LogP contribution in [0.1, 0.15) is 46.1 Å². The summed E-state index contributed by atoms with van der Waals surface area (Å²) in [6.07, 6.45) is 4.19. The largest absolute Gasteiger partial charge is 0.371 e. The quantitative estimate of drug-likeness (QED) is 0.442. The second kappa shape index (κ2) is 11.9. The molecule has 0 spiro atoms. The molecule has 0 fully saturated rings. The number of amides is 2. The van der Waals surface area contributed by atoms with Crippen LogP contribution in [0.3, 0.4) is 0 Å². The van der Waals surface area contributed by atoms with Crippen LogP contribution >= 0.6 is 0 Å². The summed E-state index contributed by atoms with van der Waals surface area (Å²) < 4.78 is 0. The molecule has 6 nitrogen and oxygen atoms in total. The molecule has 2 amide bonds. The number of anilines is 5. The standard InChI is InChI=1S/C26H36N4O2/c1-7-15-30(16-8-2)22-13-14-23(24(18-22)28-26(32)10-4)27-21-12-11-20(9-3)25(17-21)29(6)19(5)31/h10-14,17-18,27H,4,7-9,15-16H2,1-3,5-6H3,(H,28,32). The zero-order chi connectivity index (χ0) is 23.7. The third kappa shape index (κ3) is 6.36. The topological polar surface area (TPSA) is 64.7 Å². The first-order chi connectivity index (χ1) is 15.3. The van der Waals surface area contributed by atoms with E-state index < -0.39 is 0 Å². The fourth-order valence-electron chi connectivity index (χ4n) is 3.61. The lowest BCUT2D eigenvalue weighted by molar-refractivity contribution is -0.116. The van der Waals surface area contributed by atoms with Crippen molar-refractivity contribution in [3.63, 3.8) is 0 Å². The Balaban J connectivity index is 2.45. The first-order valence-corrected chi connectivity index (χ1v) is 11.3. The molecule has 6 heteroatoms. The van der Waals surface area contributed by atoms with Crippen LogP contribution in [0.2, 0.25) is 0 Å². The third-order valence-electron chi connectivity index (χ3n) is 5.38. The molecule has 0 unspecified atom stereocenters. The molecular weight excluding hydrogens is 400 g/mol. The van der Waals surface area contributed by atoms with Gasteiger partial charge in [0, 0.05) is 44.1 Å². The van der Waals surface area contributed by atoms with E-state index in [1.54, 1.807) is 18.9 Å². The van der Waals surface area contributed by atoms with E-state index in [1.807, 2.05) is 30.3 Å². The molecule has 172 valence electrons. The Morgan fingerprint density at radius 3 is 2.25 bits per heavy atom. The smallest absolute Gasteiger partial charge is 0.247 e. The number of hydrogen-bond donors (Lipinski definition) is 2. The van der Waals surface area contributed by atoms with Gasteiger partial charge in [-0.1, -0.05) is 33.4 Å². The number of carbonyl (C=O) groups is 2. The van der Waals surface area contributed by atoms with E-state index in [9.17, 15) is 9.59 Å². The van der Waals surface area contributed by atoms with E-state index in [0.717, 1.165) is 60.7 Å². The Morgan fingerprint density at radius 1 is 1.00 bits per heavy atom. The lowest BCUT2D eigenvalue weighted by Gasteiger charge is -2.25. The van der Waals surface area contributed by atoms with Gasteiger partial charge in [0.2, 0.25) is 11.8 Å². The lowest BCUT2D eigenvalue weighted by atomic mass is 10.1. The van der Waals surface area contributed by atoms with Crippen LogP contribution in [0.25, 0.3) is 0 Å². The van der Waals surface area contributed by atoms with Gasteiger partial charge in [0.25, 0.3) is 0 Å². The molecule has 0 aliphatic heterocycles. The van der Waals surface area contributed by atoms with E-state index >= 15 is 0 Å². The molecule has 2 aromatic carbocycles. The maximum Gasteiger partial charge on any atom is 0.247 e. The van der Waals surface area contributed by atoms with E-state index in [4.69, 9.17) is 0 Å². The predicted molar refractivity (Wildman–Crippen MR) is 136 cm³/mol. The fraction of sp³-hybridized carbons (Fsp3) is 0.385. The normalized spacial score (nSPS) is 10.4. The van der Waals surface area contributed by atoms with Gasteiger partial charge in [-0.2, -0.15) is 0 Å². The summed E-state index contributed by atoms with van der Waals surface area (Å²) in [6, 6.07) is 12.0. The van der Waals surface area contributed by atoms with E-state index in [2.05, 4.69) is 49.0 Å².